The Morgan fingerprint density at radius 3 is 2.88 bits per heavy atom. The normalized spacial score (nSPS) is 11.7. The minimum Gasteiger partial charge on any atom is -0.382 e. The Labute approximate surface area is 150 Å². The predicted octanol–water partition coefficient (Wildman–Crippen LogP) is 2.75. The summed E-state index contributed by atoms with van der Waals surface area (Å²) in [5, 5.41) is 20.2. The summed E-state index contributed by atoms with van der Waals surface area (Å²) in [7, 11) is 0. The predicted molar refractivity (Wildman–Crippen MR) is 97.9 cm³/mol. The van der Waals surface area contributed by atoms with E-state index in [9.17, 15) is 4.79 Å². The fourth-order valence-electron chi connectivity index (χ4n) is 2.55. The zero-order valence-electron chi connectivity index (χ0n) is 14.5. The molecular weight excluding hydrogens is 330 g/mol. The highest BCUT2D eigenvalue weighted by Crippen LogP contribution is 2.20. The van der Waals surface area contributed by atoms with Crippen molar-refractivity contribution in [3.05, 3.63) is 53.9 Å². The lowest BCUT2D eigenvalue weighted by Crippen LogP contribution is -2.17. The van der Waals surface area contributed by atoms with Crippen LogP contribution in [0.4, 0.5) is 11.6 Å². The van der Waals surface area contributed by atoms with Gasteiger partial charge in [-0.25, -0.2) is 9.36 Å². The smallest absolute Gasteiger partial charge is 0.256 e. The number of hydrogen-bond acceptors (Lipinski definition) is 5. The molecule has 0 aliphatic heterocycles. The second-order valence-electron chi connectivity index (χ2n) is 5.89. The summed E-state index contributed by atoms with van der Waals surface area (Å²) in [6.07, 6.45) is 3.96. The molecule has 1 amide bonds. The summed E-state index contributed by atoms with van der Waals surface area (Å²) in [5.41, 5.74) is 7.26. The lowest BCUT2D eigenvalue weighted by atomic mass is 10.2. The first kappa shape index (κ1) is 17.2. The van der Waals surface area contributed by atoms with E-state index in [0.717, 1.165) is 6.42 Å². The SMILES string of the molecule is CC[C@H](C)n1nccc1NC(=O)c1cccc(-n2ncc(C#N)c2N)c1. The van der Waals surface area contributed by atoms with Crippen LogP contribution in [0.1, 0.15) is 42.2 Å². The van der Waals surface area contributed by atoms with Crippen molar-refractivity contribution in [2.45, 2.75) is 26.3 Å². The van der Waals surface area contributed by atoms with Gasteiger partial charge in [-0.15, -0.1) is 0 Å². The number of nitrogens with one attached hydrogen (secondary N) is 1. The number of nitrogens with zero attached hydrogens (tertiary/aromatic N) is 5. The van der Waals surface area contributed by atoms with Crippen molar-refractivity contribution in [2.75, 3.05) is 11.1 Å². The van der Waals surface area contributed by atoms with Crippen molar-refractivity contribution in [2.24, 2.45) is 0 Å². The highest BCUT2D eigenvalue weighted by atomic mass is 16.1. The van der Waals surface area contributed by atoms with E-state index in [1.54, 1.807) is 41.2 Å². The van der Waals surface area contributed by atoms with E-state index in [4.69, 9.17) is 11.0 Å². The minimum atomic E-state index is -0.261. The van der Waals surface area contributed by atoms with Gasteiger partial charge in [0.15, 0.2) is 0 Å². The van der Waals surface area contributed by atoms with E-state index in [1.807, 2.05) is 13.0 Å². The number of amides is 1. The Kier molecular flexibility index (Phi) is 4.71. The van der Waals surface area contributed by atoms with Crippen molar-refractivity contribution in [3.8, 4) is 11.8 Å². The fourth-order valence-corrected chi connectivity index (χ4v) is 2.55. The van der Waals surface area contributed by atoms with Crippen molar-refractivity contribution in [1.82, 2.24) is 19.6 Å². The van der Waals surface area contributed by atoms with Crippen LogP contribution in [0.25, 0.3) is 5.69 Å². The van der Waals surface area contributed by atoms with Crippen molar-refractivity contribution in [3.63, 3.8) is 0 Å². The summed E-state index contributed by atoms with van der Waals surface area (Å²) in [6, 6.07) is 10.8. The van der Waals surface area contributed by atoms with E-state index in [2.05, 4.69) is 22.4 Å². The average molecular weight is 349 g/mol. The molecule has 0 aliphatic carbocycles. The zero-order chi connectivity index (χ0) is 18.7. The molecule has 3 aromatic rings. The molecule has 1 aromatic carbocycles. The molecule has 0 unspecified atom stereocenters. The molecular formula is C18H19N7O. The summed E-state index contributed by atoms with van der Waals surface area (Å²) >= 11 is 0. The van der Waals surface area contributed by atoms with Gasteiger partial charge in [0, 0.05) is 11.6 Å². The molecule has 8 nitrogen and oxygen atoms in total. The van der Waals surface area contributed by atoms with Crippen molar-refractivity contribution in [1.29, 1.82) is 5.26 Å². The summed E-state index contributed by atoms with van der Waals surface area (Å²) in [5.74, 6) is 0.614. The standard InChI is InChI=1S/C18H19N7O/c1-3-12(2)24-16(7-8-21-24)23-18(26)13-5-4-6-15(9-13)25-17(20)14(10-19)11-22-25/h4-9,11-12H,3,20H2,1-2H3,(H,23,26)/t12-/m0/s1. The Balaban J connectivity index is 1.87. The lowest BCUT2D eigenvalue weighted by Gasteiger charge is -2.14. The molecule has 0 bridgehead atoms. The largest absolute Gasteiger partial charge is 0.382 e. The number of carbonyl (C=O) groups is 1. The van der Waals surface area contributed by atoms with Crippen LogP contribution in [0.3, 0.4) is 0 Å². The van der Waals surface area contributed by atoms with Gasteiger partial charge < -0.3 is 11.1 Å². The van der Waals surface area contributed by atoms with Crippen LogP contribution >= 0.6 is 0 Å². The number of nitrogens with two attached hydrogens (primary N) is 1. The molecule has 26 heavy (non-hydrogen) atoms. The number of anilines is 2. The summed E-state index contributed by atoms with van der Waals surface area (Å²) < 4.78 is 3.21. The Morgan fingerprint density at radius 2 is 2.19 bits per heavy atom. The zero-order valence-corrected chi connectivity index (χ0v) is 14.5. The number of nitriles is 1. The monoisotopic (exact) mass is 349 g/mol. The number of benzene rings is 1. The maximum atomic E-state index is 12.6. The number of carbonyl (C=O) groups excluding carboxylic acids is 1. The van der Waals surface area contributed by atoms with Gasteiger partial charge in [0.25, 0.3) is 5.91 Å². The number of hydrogen-bond donors (Lipinski definition) is 2. The first-order chi connectivity index (χ1) is 12.5. The second kappa shape index (κ2) is 7.11. The van der Waals surface area contributed by atoms with Crippen LogP contribution in [0.15, 0.2) is 42.7 Å². The molecule has 0 spiro atoms. The summed E-state index contributed by atoms with van der Waals surface area (Å²) in [4.78, 5) is 12.6. The van der Waals surface area contributed by atoms with Crippen LogP contribution in [-0.2, 0) is 0 Å². The van der Waals surface area contributed by atoms with E-state index >= 15 is 0 Å². The van der Waals surface area contributed by atoms with E-state index in [-0.39, 0.29) is 23.3 Å². The number of aromatic nitrogens is 4. The maximum absolute atomic E-state index is 12.6. The molecule has 8 heteroatoms. The van der Waals surface area contributed by atoms with Gasteiger partial charge in [-0.2, -0.15) is 15.5 Å². The molecule has 0 aliphatic rings. The fraction of sp³-hybridized carbons (Fsp3) is 0.222. The molecule has 0 saturated heterocycles. The molecule has 0 saturated carbocycles. The molecule has 3 rings (SSSR count). The third-order valence-corrected chi connectivity index (χ3v) is 4.20. The molecule has 2 heterocycles. The van der Waals surface area contributed by atoms with Gasteiger partial charge >= 0.3 is 0 Å². The van der Waals surface area contributed by atoms with Crippen molar-refractivity contribution >= 4 is 17.5 Å². The molecule has 132 valence electrons. The first-order valence-corrected chi connectivity index (χ1v) is 8.24. The Morgan fingerprint density at radius 1 is 1.38 bits per heavy atom. The van der Waals surface area contributed by atoms with E-state index < -0.39 is 0 Å². The maximum Gasteiger partial charge on any atom is 0.256 e. The van der Waals surface area contributed by atoms with Crippen LogP contribution < -0.4 is 11.1 Å². The number of nitrogen functional groups attached to an aromatic ring is 1. The van der Waals surface area contributed by atoms with Crippen LogP contribution in [0.2, 0.25) is 0 Å². The molecule has 0 fully saturated rings. The van der Waals surface area contributed by atoms with Crippen LogP contribution in [0, 0.1) is 11.3 Å². The first-order valence-electron chi connectivity index (χ1n) is 8.24. The van der Waals surface area contributed by atoms with Gasteiger partial charge in [-0.05, 0) is 31.5 Å². The molecule has 0 radical (unpaired) electrons. The quantitative estimate of drug-likeness (QED) is 0.735. The van der Waals surface area contributed by atoms with E-state index in [1.165, 1.54) is 10.9 Å². The van der Waals surface area contributed by atoms with Gasteiger partial charge in [0.1, 0.15) is 23.3 Å². The Bertz CT molecular complexity index is 980. The Hall–Kier alpha value is -3.60. The highest BCUT2D eigenvalue weighted by Gasteiger charge is 2.14. The highest BCUT2D eigenvalue weighted by molar-refractivity contribution is 6.04. The molecule has 1 atom stereocenters. The van der Waals surface area contributed by atoms with E-state index in [0.29, 0.717) is 17.1 Å². The van der Waals surface area contributed by atoms with Gasteiger partial charge in [-0.1, -0.05) is 13.0 Å². The van der Waals surface area contributed by atoms with Gasteiger partial charge in [-0.3, -0.25) is 4.79 Å². The average Bonchev–Trinajstić information content (AvgIpc) is 3.27. The van der Waals surface area contributed by atoms with Gasteiger partial charge in [0.05, 0.1) is 24.1 Å². The van der Waals surface area contributed by atoms with Crippen LogP contribution in [-0.4, -0.2) is 25.5 Å². The van der Waals surface area contributed by atoms with Crippen molar-refractivity contribution < 1.29 is 4.79 Å². The summed E-state index contributed by atoms with van der Waals surface area (Å²) in [6.45, 7) is 4.10. The third-order valence-electron chi connectivity index (χ3n) is 4.20. The molecule has 2 aromatic heterocycles. The number of rotatable bonds is 5. The topological polar surface area (TPSA) is 115 Å². The van der Waals surface area contributed by atoms with Gasteiger partial charge in [0.2, 0.25) is 0 Å². The second-order valence-corrected chi connectivity index (χ2v) is 5.89. The minimum absolute atomic E-state index is 0.180. The third kappa shape index (κ3) is 3.15. The molecule has 3 N–H and O–H groups in total. The van der Waals surface area contributed by atoms with Crippen LogP contribution in [0.5, 0.6) is 0 Å². The lowest BCUT2D eigenvalue weighted by molar-refractivity contribution is 0.102.